The number of hydrogen-bond donors (Lipinski definition) is 1. The van der Waals surface area contributed by atoms with Gasteiger partial charge >= 0.3 is 5.76 Å². The maximum absolute atomic E-state index is 12.2. The molecular formula is C18H16N6O3. The Morgan fingerprint density at radius 3 is 2.74 bits per heavy atom. The number of amides is 1. The lowest BCUT2D eigenvalue weighted by Crippen LogP contribution is -2.32. The highest BCUT2D eigenvalue weighted by molar-refractivity contribution is 5.79. The van der Waals surface area contributed by atoms with E-state index in [4.69, 9.17) is 4.42 Å². The molecule has 3 heterocycles. The molecule has 0 fully saturated rings. The van der Waals surface area contributed by atoms with Crippen LogP contribution in [-0.4, -0.2) is 36.5 Å². The van der Waals surface area contributed by atoms with Crippen molar-refractivity contribution in [2.24, 2.45) is 0 Å². The molecule has 9 nitrogen and oxygen atoms in total. The fraction of sp³-hybridized carbons (Fsp3) is 0.167. The third-order valence-corrected chi connectivity index (χ3v) is 4.03. The number of nitrogens with one attached hydrogen (secondary N) is 1. The average Bonchev–Trinajstić information content (AvgIpc) is 3.27. The molecule has 9 heteroatoms. The van der Waals surface area contributed by atoms with Crippen molar-refractivity contribution in [3.63, 3.8) is 0 Å². The molecule has 0 spiro atoms. The van der Waals surface area contributed by atoms with E-state index in [0.717, 1.165) is 0 Å². The molecule has 1 aromatic carbocycles. The number of fused-ring (bicyclic) bond motifs is 1. The van der Waals surface area contributed by atoms with E-state index in [2.05, 4.69) is 20.3 Å². The summed E-state index contributed by atoms with van der Waals surface area (Å²) in [6, 6.07) is 8.73. The van der Waals surface area contributed by atoms with E-state index in [1.54, 1.807) is 55.1 Å². The number of rotatable bonds is 6. The summed E-state index contributed by atoms with van der Waals surface area (Å²) in [4.78, 5) is 36.8. The third kappa shape index (κ3) is 3.47. The molecule has 27 heavy (non-hydrogen) atoms. The third-order valence-electron chi connectivity index (χ3n) is 4.03. The summed E-state index contributed by atoms with van der Waals surface area (Å²) in [5.74, 6) is 0.317. The van der Waals surface area contributed by atoms with Gasteiger partial charge in [0.05, 0.1) is 5.52 Å². The van der Waals surface area contributed by atoms with E-state index in [1.807, 2.05) is 4.57 Å². The molecule has 0 unspecified atom stereocenters. The summed E-state index contributed by atoms with van der Waals surface area (Å²) in [6.45, 7) is 0.772. The van der Waals surface area contributed by atoms with Crippen molar-refractivity contribution < 1.29 is 9.21 Å². The normalized spacial score (nSPS) is 11.0. The highest BCUT2D eigenvalue weighted by atomic mass is 16.4. The first-order valence-electron chi connectivity index (χ1n) is 8.36. The topological polar surface area (TPSA) is 108 Å². The number of para-hydroxylation sites is 2. The van der Waals surface area contributed by atoms with Crippen molar-refractivity contribution in [2.75, 3.05) is 6.54 Å². The Labute approximate surface area is 153 Å². The van der Waals surface area contributed by atoms with Crippen molar-refractivity contribution in [2.45, 2.75) is 13.1 Å². The van der Waals surface area contributed by atoms with Crippen LogP contribution in [0, 0.1) is 0 Å². The second kappa shape index (κ2) is 7.24. The van der Waals surface area contributed by atoms with Gasteiger partial charge in [0.15, 0.2) is 17.2 Å². The zero-order valence-electron chi connectivity index (χ0n) is 14.3. The van der Waals surface area contributed by atoms with Crippen molar-refractivity contribution in [3.05, 3.63) is 65.7 Å². The number of nitrogens with zero attached hydrogens (tertiary/aromatic N) is 5. The van der Waals surface area contributed by atoms with Gasteiger partial charge in [0.2, 0.25) is 5.91 Å². The van der Waals surface area contributed by atoms with Gasteiger partial charge in [-0.15, -0.1) is 0 Å². The van der Waals surface area contributed by atoms with Crippen LogP contribution in [0.5, 0.6) is 0 Å². The molecule has 0 saturated carbocycles. The minimum Gasteiger partial charge on any atom is -0.408 e. The summed E-state index contributed by atoms with van der Waals surface area (Å²) in [5, 5.41) is 2.80. The van der Waals surface area contributed by atoms with Gasteiger partial charge in [0, 0.05) is 37.9 Å². The predicted molar refractivity (Wildman–Crippen MR) is 96.7 cm³/mol. The summed E-state index contributed by atoms with van der Waals surface area (Å²) < 4.78 is 8.30. The Hall–Kier alpha value is -3.75. The van der Waals surface area contributed by atoms with E-state index < -0.39 is 5.76 Å². The lowest BCUT2D eigenvalue weighted by Gasteiger charge is -2.08. The zero-order chi connectivity index (χ0) is 18.6. The minimum absolute atomic E-state index is 0.103. The van der Waals surface area contributed by atoms with Crippen LogP contribution < -0.4 is 11.1 Å². The van der Waals surface area contributed by atoms with Gasteiger partial charge in [0.1, 0.15) is 6.54 Å². The maximum Gasteiger partial charge on any atom is 0.420 e. The van der Waals surface area contributed by atoms with Crippen LogP contribution in [0.2, 0.25) is 0 Å². The fourth-order valence-corrected chi connectivity index (χ4v) is 2.79. The van der Waals surface area contributed by atoms with Crippen LogP contribution in [-0.2, 0) is 17.9 Å². The number of hydrogen-bond acceptors (Lipinski definition) is 6. The van der Waals surface area contributed by atoms with E-state index in [9.17, 15) is 9.59 Å². The van der Waals surface area contributed by atoms with Crippen LogP contribution in [0.1, 0.15) is 0 Å². The van der Waals surface area contributed by atoms with Gasteiger partial charge in [0.25, 0.3) is 0 Å². The molecular weight excluding hydrogens is 348 g/mol. The van der Waals surface area contributed by atoms with E-state index in [1.165, 1.54) is 4.57 Å². The predicted octanol–water partition coefficient (Wildman–Crippen LogP) is 1.06. The minimum atomic E-state index is -0.551. The zero-order valence-corrected chi connectivity index (χ0v) is 14.3. The molecule has 136 valence electrons. The molecule has 4 aromatic rings. The molecule has 0 bridgehead atoms. The van der Waals surface area contributed by atoms with E-state index >= 15 is 0 Å². The molecule has 0 saturated heterocycles. The number of imidazole rings is 1. The highest BCUT2D eigenvalue weighted by Gasteiger charge is 2.12. The molecule has 1 N–H and O–H groups in total. The maximum atomic E-state index is 12.2. The van der Waals surface area contributed by atoms with Crippen molar-refractivity contribution in [3.8, 4) is 11.6 Å². The van der Waals surface area contributed by atoms with Crippen LogP contribution >= 0.6 is 0 Å². The van der Waals surface area contributed by atoms with Crippen molar-refractivity contribution >= 4 is 17.0 Å². The largest absolute Gasteiger partial charge is 0.420 e. The Morgan fingerprint density at radius 1 is 1.07 bits per heavy atom. The van der Waals surface area contributed by atoms with Crippen LogP contribution in [0.15, 0.2) is 64.3 Å². The van der Waals surface area contributed by atoms with Gasteiger partial charge in [-0.1, -0.05) is 12.1 Å². The van der Waals surface area contributed by atoms with Gasteiger partial charge in [-0.3, -0.25) is 9.36 Å². The summed E-state index contributed by atoms with van der Waals surface area (Å²) in [7, 11) is 0. The van der Waals surface area contributed by atoms with Crippen molar-refractivity contribution in [1.29, 1.82) is 0 Å². The second-order valence-electron chi connectivity index (χ2n) is 5.79. The average molecular weight is 364 g/mol. The second-order valence-corrected chi connectivity index (χ2v) is 5.79. The quantitative estimate of drug-likeness (QED) is 0.548. The Balaban J connectivity index is 1.39. The van der Waals surface area contributed by atoms with Gasteiger partial charge in [-0.25, -0.2) is 19.7 Å². The summed E-state index contributed by atoms with van der Waals surface area (Å²) in [5.41, 5.74) is 1.05. The lowest BCUT2D eigenvalue weighted by molar-refractivity contribution is -0.121. The molecule has 4 rings (SSSR count). The molecule has 0 aliphatic rings. The first-order chi connectivity index (χ1) is 13.2. The summed E-state index contributed by atoms with van der Waals surface area (Å²) in [6.07, 6.45) is 6.75. The number of carbonyl (C=O) groups excluding carboxylic acids is 1. The number of carbonyl (C=O) groups is 1. The smallest absolute Gasteiger partial charge is 0.408 e. The first kappa shape index (κ1) is 16.7. The standard InChI is InChI=1S/C18H16N6O3/c25-15(12-24-13-4-1-2-5-14(13)27-18(24)26)19-8-10-23-11-9-22-17(23)16-20-6-3-7-21-16/h1-7,9,11H,8,10,12H2,(H,19,25). The number of benzene rings is 1. The highest BCUT2D eigenvalue weighted by Crippen LogP contribution is 2.12. The van der Waals surface area contributed by atoms with Gasteiger partial charge < -0.3 is 14.3 Å². The van der Waals surface area contributed by atoms with Crippen LogP contribution in [0.25, 0.3) is 22.7 Å². The first-order valence-corrected chi connectivity index (χ1v) is 8.36. The van der Waals surface area contributed by atoms with E-state index in [0.29, 0.717) is 35.8 Å². The number of oxazole rings is 1. The summed E-state index contributed by atoms with van der Waals surface area (Å²) >= 11 is 0. The fourth-order valence-electron chi connectivity index (χ4n) is 2.79. The van der Waals surface area contributed by atoms with Crippen LogP contribution in [0.3, 0.4) is 0 Å². The molecule has 0 atom stereocenters. The van der Waals surface area contributed by atoms with Gasteiger partial charge in [-0.05, 0) is 18.2 Å². The Bertz CT molecular complexity index is 1130. The Morgan fingerprint density at radius 2 is 1.89 bits per heavy atom. The van der Waals surface area contributed by atoms with Crippen LogP contribution in [0.4, 0.5) is 0 Å². The molecule has 1 amide bonds. The SMILES string of the molecule is O=C(Cn1c(=O)oc2ccccc21)NCCn1ccnc1-c1ncccn1. The number of aromatic nitrogens is 5. The van der Waals surface area contributed by atoms with Gasteiger partial charge in [-0.2, -0.15) is 0 Å². The molecule has 0 aliphatic heterocycles. The molecule has 0 radical (unpaired) electrons. The Kier molecular flexibility index (Phi) is 4.48. The molecule has 3 aromatic heterocycles. The lowest BCUT2D eigenvalue weighted by atomic mass is 10.3. The monoisotopic (exact) mass is 364 g/mol. The van der Waals surface area contributed by atoms with E-state index in [-0.39, 0.29) is 12.5 Å². The van der Waals surface area contributed by atoms with Crippen molar-refractivity contribution in [1.82, 2.24) is 29.4 Å². The molecule has 0 aliphatic carbocycles.